The summed E-state index contributed by atoms with van der Waals surface area (Å²) in [6.07, 6.45) is 0. The third-order valence-electron chi connectivity index (χ3n) is 8.97. The molecule has 0 heterocycles. The minimum atomic E-state index is -0.395. The maximum absolute atomic E-state index is 2.37. The molecule has 0 amide bonds. The number of fused-ring (bicyclic) bond motifs is 6. The molecule has 188 valence electrons. The molecule has 0 aromatic heterocycles. The Bertz CT molecular complexity index is 2050. The van der Waals surface area contributed by atoms with Gasteiger partial charge in [0, 0.05) is 0 Å². The molecule has 0 saturated carbocycles. The molecule has 7 aromatic rings. The van der Waals surface area contributed by atoms with E-state index < -0.39 is 5.41 Å². The lowest BCUT2D eigenvalue weighted by atomic mass is 9.67. The van der Waals surface area contributed by atoms with Crippen molar-refractivity contribution in [2.24, 2.45) is 0 Å². The zero-order chi connectivity index (χ0) is 26.7. The van der Waals surface area contributed by atoms with Crippen molar-refractivity contribution in [3.05, 3.63) is 179 Å². The van der Waals surface area contributed by atoms with Crippen molar-refractivity contribution in [1.82, 2.24) is 0 Å². The molecule has 7 aromatic carbocycles. The molecule has 1 unspecified atom stereocenters. The van der Waals surface area contributed by atoms with Crippen molar-refractivity contribution >= 4 is 21.5 Å². The average molecular weight is 509 g/mol. The van der Waals surface area contributed by atoms with Gasteiger partial charge in [-0.2, -0.15) is 0 Å². The highest BCUT2D eigenvalue weighted by Gasteiger charge is 2.46. The summed E-state index contributed by atoms with van der Waals surface area (Å²) < 4.78 is 0. The predicted octanol–water partition coefficient (Wildman–Crippen LogP) is 10.3. The molecule has 8 rings (SSSR count). The van der Waals surface area contributed by atoms with Crippen LogP contribution in [0, 0.1) is 6.92 Å². The van der Waals surface area contributed by atoms with Gasteiger partial charge in [0.15, 0.2) is 0 Å². The summed E-state index contributed by atoms with van der Waals surface area (Å²) in [4.78, 5) is 0. The maximum atomic E-state index is 2.37. The first-order chi connectivity index (χ1) is 19.8. The van der Waals surface area contributed by atoms with Crippen molar-refractivity contribution in [3.63, 3.8) is 0 Å². The third-order valence-corrected chi connectivity index (χ3v) is 8.97. The van der Waals surface area contributed by atoms with Crippen LogP contribution in [0.25, 0.3) is 43.8 Å². The van der Waals surface area contributed by atoms with Crippen LogP contribution in [0.3, 0.4) is 0 Å². The molecule has 0 aliphatic heterocycles. The van der Waals surface area contributed by atoms with Crippen molar-refractivity contribution < 1.29 is 0 Å². The smallest absolute Gasteiger partial charge is 0.0622 e. The second kappa shape index (κ2) is 8.79. The van der Waals surface area contributed by atoms with E-state index in [1.165, 1.54) is 71.6 Å². The fourth-order valence-corrected chi connectivity index (χ4v) is 7.16. The first kappa shape index (κ1) is 23.0. The largest absolute Gasteiger partial charge is 0.0713 e. The highest BCUT2D eigenvalue weighted by molar-refractivity contribution is 6.04. The molecule has 0 fully saturated rings. The van der Waals surface area contributed by atoms with Gasteiger partial charge >= 0.3 is 0 Å². The fourth-order valence-electron chi connectivity index (χ4n) is 7.16. The Kier molecular flexibility index (Phi) is 5.06. The number of aryl methyl sites for hydroxylation is 1. The van der Waals surface area contributed by atoms with Crippen LogP contribution in [0.2, 0.25) is 0 Å². The van der Waals surface area contributed by atoms with E-state index in [1.807, 2.05) is 0 Å². The Labute approximate surface area is 235 Å². The highest BCUT2D eigenvalue weighted by Crippen LogP contribution is 2.57. The number of hydrogen-bond acceptors (Lipinski definition) is 0. The van der Waals surface area contributed by atoms with Gasteiger partial charge in [0.05, 0.1) is 5.41 Å². The van der Waals surface area contributed by atoms with Gasteiger partial charge in [-0.3, -0.25) is 0 Å². The zero-order valence-electron chi connectivity index (χ0n) is 22.4. The van der Waals surface area contributed by atoms with Crippen LogP contribution in [0.1, 0.15) is 27.8 Å². The Morgan fingerprint density at radius 2 is 1.00 bits per heavy atom. The van der Waals surface area contributed by atoms with Gasteiger partial charge in [0.25, 0.3) is 0 Å². The lowest BCUT2D eigenvalue weighted by Gasteiger charge is -2.34. The summed E-state index contributed by atoms with van der Waals surface area (Å²) in [5, 5.41) is 5.20. The molecule has 0 spiro atoms. The highest BCUT2D eigenvalue weighted by atomic mass is 14.5. The van der Waals surface area contributed by atoms with Crippen LogP contribution in [-0.4, -0.2) is 0 Å². The van der Waals surface area contributed by atoms with Crippen LogP contribution < -0.4 is 0 Å². The van der Waals surface area contributed by atoms with E-state index in [1.54, 1.807) is 0 Å². The standard InChI is InChI=1S/C40H28/c1-27-33-15-7-5-11-28(33)21-25-34(27)30-19-23-32(24-20-30)40(31-13-3-2-4-14-31)37-18-10-9-17-36(37)39-35-16-8-6-12-29(35)22-26-38(39)40/h2-26H,1H3. The first-order valence-corrected chi connectivity index (χ1v) is 14.0. The quantitative estimate of drug-likeness (QED) is 0.223. The Balaban J connectivity index is 1.40. The predicted molar refractivity (Wildman–Crippen MR) is 169 cm³/mol. The van der Waals surface area contributed by atoms with Gasteiger partial charge < -0.3 is 0 Å². The monoisotopic (exact) mass is 508 g/mol. The van der Waals surface area contributed by atoms with Gasteiger partial charge in [-0.05, 0) is 78.5 Å². The SMILES string of the molecule is Cc1c(-c2ccc(C3(c4ccccc4)c4ccccc4-c4c3ccc3ccccc43)cc2)ccc2ccccc12. The first-order valence-electron chi connectivity index (χ1n) is 14.0. The summed E-state index contributed by atoms with van der Waals surface area (Å²) >= 11 is 0. The third kappa shape index (κ3) is 3.14. The maximum Gasteiger partial charge on any atom is 0.0713 e. The number of hydrogen-bond donors (Lipinski definition) is 0. The Morgan fingerprint density at radius 1 is 0.400 bits per heavy atom. The molecule has 0 bridgehead atoms. The molecular formula is C40H28. The summed E-state index contributed by atoms with van der Waals surface area (Å²) in [5.74, 6) is 0. The molecule has 0 radical (unpaired) electrons. The van der Waals surface area contributed by atoms with Gasteiger partial charge in [-0.25, -0.2) is 0 Å². The normalized spacial score (nSPS) is 15.7. The molecule has 1 atom stereocenters. The molecular weight excluding hydrogens is 480 g/mol. The lowest BCUT2D eigenvalue weighted by molar-refractivity contribution is 0.769. The van der Waals surface area contributed by atoms with E-state index in [2.05, 4.69) is 159 Å². The fraction of sp³-hybridized carbons (Fsp3) is 0.0500. The van der Waals surface area contributed by atoms with Crippen molar-refractivity contribution in [1.29, 1.82) is 0 Å². The van der Waals surface area contributed by atoms with Gasteiger partial charge in [-0.15, -0.1) is 0 Å². The van der Waals surface area contributed by atoms with Gasteiger partial charge in [0.1, 0.15) is 0 Å². The number of benzene rings is 7. The van der Waals surface area contributed by atoms with Crippen molar-refractivity contribution in [3.8, 4) is 22.3 Å². The van der Waals surface area contributed by atoms with Crippen LogP contribution in [0.5, 0.6) is 0 Å². The summed E-state index contributed by atoms with van der Waals surface area (Å²) in [6, 6.07) is 56.0. The van der Waals surface area contributed by atoms with Crippen molar-refractivity contribution in [2.45, 2.75) is 12.3 Å². The van der Waals surface area contributed by atoms with E-state index in [0.717, 1.165) is 0 Å². The van der Waals surface area contributed by atoms with E-state index >= 15 is 0 Å². The molecule has 0 N–H and O–H groups in total. The van der Waals surface area contributed by atoms with E-state index in [4.69, 9.17) is 0 Å². The molecule has 1 aliphatic carbocycles. The molecule has 0 saturated heterocycles. The Morgan fingerprint density at radius 3 is 1.80 bits per heavy atom. The van der Waals surface area contributed by atoms with E-state index in [-0.39, 0.29) is 0 Å². The number of rotatable bonds is 3. The second-order valence-electron chi connectivity index (χ2n) is 10.9. The van der Waals surface area contributed by atoms with Crippen LogP contribution in [0.15, 0.2) is 152 Å². The summed E-state index contributed by atoms with van der Waals surface area (Å²) in [6.45, 7) is 2.24. The topological polar surface area (TPSA) is 0 Å². The summed E-state index contributed by atoms with van der Waals surface area (Å²) in [7, 11) is 0. The average Bonchev–Trinajstić information content (AvgIpc) is 3.34. The minimum absolute atomic E-state index is 0.395. The van der Waals surface area contributed by atoms with Crippen LogP contribution >= 0.6 is 0 Å². The molecule has 1 aliphatic rings. The molecule has 40 heavy (non-hydrogen) atoms. The molecule has 0 nitrogen and oxygen atoms in total. The second-order valence-corrected chi connectivity index (χ2v) is 10.9. The summed E-state index contributed by atoms with van der Waals surface area (Å²) in [5.41, 5.74) is 11.4. The lowest BCUT2D eigenvalue weighted by Crippen LogP contribution is -2.28. The van der Waals surface area contributed by atoms with Crippen LogP contribution in [-0.2, 0) is 5.41 Å². The van der Waals surface area contributed by atoms with Crippen molar-refractivity contribution in [2.75, 3.05) is 0 Å². The van der Waals surface area contributed by atoms with Crippen LogP contribution in [0.4, 0.5) is 0 Å². The van der Waals surface area contributed by atoms with E-state index in [0.29, 0.717) is 0 Å². The minimum Gasteiger partial charge on any atom is -0.0622 e. The van der Waals surface area contributed by atoms with E-state index in [9.17, 15) is 0 Å². The zero-order valence-corrected chi connectivity index (χ0v) is 22.4. The molecule has 0 heteroatoms. The van der Waals surface area contributed by atoms with Gasteiger partial charge in [0.2, 0.25) is 0 Å². The van der Waals surface area contributed by atoms with Gasteiger partial charge in [-0.1, -0.05) is 152 Å². The Hall–Kier alpha value is -4.94.